The van der Waals surface area contributed by atoms with Gasteiger partial charge in [0.25, 0.3) is 0 Å². The van der Waals surface area contributed by atoms with Gasteiger partial charge in [0.2, 0.25) is 5.91 Å². The summed E-state index contributed by atoms with van der Waals surface area (Å²) in [6, 6.07) is 6.07. The predicted octanol–water partition coefficient (Wildman–Crippen LogP) is 2.50. The van der Waals surface area contributed by atoms with Crippen molar-refractivity contribution in [3.05, 3.63) is 34.9 Å². The van der Waals surface area contributed by atoms with Crippen LogP contribution in [0.2, 0.25) is 5.02 Å². The molecule has 1 atom stereocenters. The van der Waals surface area contributed by atoms with Crippen LogP contribution in [0.4, 0.5) is 0 Å². The number of aliphatic carboxylic acids is 1. The monoisotopic (exact) mass is 283 g/mol. The highest BCUT2D eigenvalue weighted by Gasteiger charge is 2.32. The number of halogens is 1. The minimum Gasteiger partial charge on any atom is -0.480 e. The Morgan fingerprint density at radius 3 is 2.37 bits per heavy atom. The molecule has 0 aliphatic rings. The van der Waals surface area contributed by atoms with Crippen molar-refractivity contribution in [2.45, 2.75) is 33.2 Å². The van der Waals surface area contributed by atoms with E-state index in [1.807, 2.05) is 0 Å². The van der Waals surface area contributed by atoms with Gasteiger partial charge in [-0.3, -0.25) is 4.79 Å². The molecule has 1 aromatic carbocycles. The Hall–Kier alpha value is -1.55. The van der Waals surface area contributed by atoms with Gasteiger partial charge in [0, 0.05) is 5.02 Å². The number of rotatable bonds is 4. The first kappa shape index (κ1) is 15.5. The normalized spacial score (nSPS) is 12.8. The molecule has 0 saturated carbocycles. The van der Waals surface area contributed by atoms with Crippen molar-refractivity contribution in [1.82, 2.24) is 5.32 Å². The van der Waals surface area contributed by atoms with Gasteiger partial charge >= 0.3 is 5.97 Å². The predicted molar refractivity (Wildman–Crippen MR) is 74.2 cm³/mol. The first-order chi connectivity index (χ1) is 8.71. The lowest BCUT2D eigenvalue weighted by Gasteiger charge is -2.27. The smallest absolute Gasteiger partial charge is 0.326 e. The van der Waals surface area contributed by atoms with E-state index >= 15 is 0 Å². The average molecular weight is 284 g/mol. The average Bonchev–Trinajstić information content (AvgIpc) is 2.27. The minimum absolute atomic E-state index is 0.0690. The third-order valence-corrected chi connectivity index (χ3v) is 3.10. The quantitative estimate of drug-likeness (QED) is 0.892. The van der Waals surface area contributed by atoms with E-state index in [2.05, 4.69) is 5.32 Å². The van der Waals surface area contributed by atoms with E-state index in [1.54, 1.807) is 45.0 Å². The zero-order chi connectivity index (χ0) is 14.6. The topological polar surface area (TPSA) is 66.4 Å². The number of carbonyl (C=O) groups excluding carboxylic acids is 1. The van der Waals surface area contributed by atoms with E-state index in [-0.39, 0.29) is 12.3 Å². The third kappa shape index (κ3) is 4.56. The maximum absolute atomic E-state index is 11.9. The molecule has 0 saturated heterocycles. The van der Waals surface area contributed by atoms with Crippen molar-refractivity contribution >= 4 is 23.5 Å². The van der Waals surface area contributed by atoms with Crippen molar-refractivity contribution in [3.8, 4) is 0 Å². The van der Waals surface area contributed by atoms with Crippen LogP contribution in [0.5, 0.6) is 0 Å². The van der Waals surface area contributed by atoms with E-state index in [4.69, 9.17) is 16.7 Å². The molecule has 1 rings (SSSR count). The van der Waals surface area contributed by atoms with Gasteiger partial charge in [0.15, 0.2) is 0 Å². The molecule has 0 unspecified atom stereocenters. The molecular weight excluding hydrogens is 266 g/mol. The van der Waals surface area contributed by atoms with Crippen LogP contribution >= 0.6 is 11.6 Å². The largest absolute Gasteiger partial charge is 0.480 e. The maximum Gasteiger partial charge on any atom is 0.326 e. The summed E-state index contributed by atoms with van der Waals surface area (Å²) in [7, 11) is 0. The van der Waals surface area contributed by atoms with Gasteiger partial charge in [-0.25, -0.2) is 4.79 Å². The molecule has 0 heterocycles. The first-order valence-electron chi connectivity index (χ1n) is 5.97. The summed E-state index contributed by atoms with van der Waals surface area (Å²) >= 11 is 5.96. The van der Waals surface area contributed by atoms with Gasteiger partial charge in [-0.1, -0.05) is 50.6 Å². The number of nitrogens with one attached hydrogen (secondary N) is 1. The fraction of sp³-hybridized carbons (Fsp3) is 0.429. The lowest BCUT2D eigenvalue weighted by molar-refractivity contribution is -0.144. The first-order valence-corrected chi connectivity index (χ1v) is 6.35. The molecule has 1 amide bonds. The van der Waals surface area contributed by atoms with E-state index in [9.17, 15) is 9.59 Å². The number of carboxylic acids is 1. The van der Waals surface area contributed by atoms with E-state index in [1.165, 1.54) is 0 Å². The Balaban J connectivity index is 2.75. The van der Waals surface area contributed by atoms with Gasteiger partial charge in [0.05, 0.1) is 6.42 Å². The number of hydrogen-bond acceptors (Lipinski definition) is 2. The molecule has 0 bridgehead atoms. The summed E-state index contributed by atoms with van der Waals surface area (Å²) in [5.41, 5.74) is 0.127. The summed E-state index contributed by atoms with van der Waals surface area (Å²) in [4.78, 5) is 23.1. The summed E-state index contributed by atoms with van der Waals surface area (Å²) in [6.07, 6.45) is 0.0690. The van der Waals surface area contributed by atoms with Crippen LogP contribution in [-0.4, -0.2) is 23.0 Å². The number of hydrogen-bond donors (Lipinski definition) is 2. The second-order valence-corrected chi connectivity index (χ2v) is 5.88. The van der Waals surface area contributed by atoms with Crippen LogP contribution < -0.4 is 5.32 Å². The maximum atomic E-state index is 11.9. The van der Waals surface area contributed by atoms with Gasteiger partial charge in [-0.15, -0.1) is 0 Å². The lowest BCUT2D eigenvalue weighted by atomic mass is 9.86. The van der Waals surface area contributed by atoms with Crippen molar-refractivity contribution in [3.63, 3.8) is 0 Å². The molecule has 0 aliphatic heterocycles. The fourth-order valence-corrected chi connectivity index (χ4v) is 1.88. The Morgan fingerprint density at radius 1 is 1.32 bits per heavy atom. The van der Waals surface area contributed by atoms with Gasteiger partial charge < -0.3 is 10.4 Å². The van der Waals surface area contributed by atoms with Crippen molar-refractivity contribution in [2.75, 3.05) is 0 Å². The molecule has 1 aromatic rings. The molecule has 0 spiro atoms. The number of benzene rings is 1. The third-order valence-electron chi connectivity index (χ3n) is 2.73. The second-order valence-electron chi connectivity index (χ2n) is 5.47. The Morgan fingerprint density at radius 2 is 1.89 bits per heavy atom. The second kappa shape index (κ2) is 6.06. The van der Waals surface area contributed by atoms with Crippen LogP contribution in [0.1, 0.15) is 26.3 Å². The highest BCUT2D eigenvalue weighted by Crippen LogP contribution is 2.20. The zero-order valence-corrected chi connectivity index (χ0v) is 12.0. The molecule has 0 fully saturated rings. The molecule has 4 nitrogen and oxygen atoms in total. The van der Waals surface area contributed by atoms with Crippen LogP contribution in [0, 0.1) is 5.41 Å². The molecule has 0 aromatic heterocycles. The molecule has 5 heteroatoms. The Bertz CT molecular complexity index is 480. The molecule has 19 heavy (non-hydrogen) atoms. The van der Waals surface area contributed by atoms with Crippen molar-refractivity contribution in [2.24, 2.45) is 5.41 Å². The molecule has 104 valence electrons. The van der Waals surface area contributed by atoms with Crippen LogP contribution in [0.25, 0.3) is 0 Å². The summed E-state index contributed by atoms with van der Waals surface area (Å²) in [6.45, 7) is 5.30. The van der Waals surface area contributed by atoms with Crippen molar-refractivity contribution in [1.29, 1.82) is 0 Å². The summed E-state index contributed by atoms with van der Waals surface area (Å²) in [5, 5.41) is 12.2. The number of carbonyl (C=O) groups is 2. The Kier molecular flexibility index (Phi) is 4.95. The molecule has 0 radical (unpaired) electrons. The molecule has 2 N–H and O–H groups in total. The van der Waals surface area contributed by atoms with Crippen LogP contribution in [0.3, 0.4) is 0 Å². The van der Waals surface area contributed by atoms with E-state index < -0.39 is 17.4 Å². The van der Waals surface area contributed by atoms with Crippen LogP contribution in [-0.2, 0) is 16.0 Å². The van der Waals surface area contributed by atoms with E-state index in [0.29, 0.717) is 10.6 Å². The fourth-order valence-electron chi connectivity index (χ4n) is 1.68. The standard InChI is InChI=1S/C14H18ClNO3/c1-14(2,3)12(13(18)19)16-11(17)8-9-6-4-5-7-10(9)15/h4-7,12H,8H2,1-3H3,(H,16,17)(H,18,19)/t12-/m1/s1. The zero-order valence-electron chi connectivity index (χ0n) is 11.2. The van der Waals surface area contributed by atoms with Gasteiger partial charge in [0.1, 0.15) is 6.04 Å². The molecule has 0 aliphatic carbocycles. The highest BCUT2D eigenvalue weighted by molar-refractivity contribution is 6.31. The lowest BCUT2D eigenvalue weighted by Crippen LogP contribution is -2.49. The summed E-state index contributed by atoms with van der Waals surface area (Å²) in [5.74, 6) is -1.39. The minimum atomic E-state index is -1.04. The van der Waals surface area contributed by atoms with Gasteiger partial charge in [-0.05, 0) is 17.0 Å². The highest BCUT2D eigenvalue weighted by atomic mass is 35.5. The van der Waals surface area contributed by atoms with Crippen LogP contribution in [0.15, 0.2) is 24.3 Å². The summed E-state index contributed by atoms with van der Waals surface area (Å²) < 4.78 is 0. The number of carboxylic acid groups (broad SMARTS) is 1. The molecular formula is C14H18ClNO3. The van der Waals surface area contributed by atoms with E-state index in [0.717, 1.165) is 0 Å². The Labute approximate surface area is 117 Å². The SMILES string of the molecule is CC(C)(C)[C@H](NC(=O)Cc1ccccc1Cl)C(=O)O. The number of amides is 1. The van der Waals surface area contributed by atoms with Gasteiger partial charge in [-0.2, -0.15) is 0 Å². The van der Waals surface area contributed by atoms with Crippen molar-refractivity contribution < 1.29 is 14.7 Å².